The third-order valence-electron chi connectivity index (χ3n) is 5.91. The Kier molecular flexibility index (Phi) is 7.97. The number of fused-ring (bicyclic) bond motifs is 1. The van der Waals surface area contributed by atoms with E-state index in [1.807, 2.05) is 0 Å². The fraction of sp³-hybridized carbons (Fsp3) is 0.214. The molecule has 1 aliphatic heterocycles. The number of carbonyl (C=O) groups excluding carboxylic acids is 4. The van der Waals surface area contributed by atoms with Crippen LogP contribution in [0.4, 0.5) is 11.4 Å². The SMILES string of the molecule is COC(=O)c1cccc(N2COc3ccc(NC(=O)c4cc(CNC(=O)C(C)C)ccc4Cl)cc3C2=O)c1. The second kappa shape index (κ2) is 11.4. The molecule has 1 heterocycles. The molecule has 0 aliphatic carbocycles. The summed E-state index contributed by atoms with van der Waals surface area (Å²) >= 11 is 6.28. The van der Waals surface area contributed by atoms with Crippen molar-refractivity contribution in [3.63, 3.8) is 0 Å². The highest BCUT2D eigenvalue weighted by atomic mass is 35.5. The molecule has 0 unspecified atom stereocenters. The first-order valence-corrected chi connectivity index (χ1v) is 12.2. The second-order valence-corrected chi connectivity index (χ2v) is 9.31. The number of halogens is 1. The lowest BCUT2D eigenvalue weighted by molar-refractivity contribution is -0.124. The molecule has 1 aliphatic rings. The number of rotatable bonds is 7. The van der Waals surface area contributed by atoms with Crippen molar-refractivity contribution in [1.82, 2.24) is 5.32 Å². The van der Waals surface area contributed by atoms with Gasteiger partial charge in [0.2, 0.25) is 5.91 Å². The zero-order valence-electron chi connectivity index (χ0n) is 21.0. The van der Waals surface area contributed by atoms with Crippen molar-refractivity contribution in [3.05, 3.63) is 87.9 Å². The van der Waals surface area contributed by atoms with E-state index < -0.39 is 11.9 Å². The summed E-state index contributed by atoms with van der Waals surface area (Å²) in [5.74, 6) is -1.24. The van der Waals surface area contributed by atoms with Crippen LogP contribution in [-0.4, -0.2) is 37.5 Å². The standard InChI is InChI=1S/C28H26ClN3O6/c1-16(2)25(33)30-14-17-7-9-23(29)21(11-17)26(34)31-19-8-10-24-22(13-19)27(35)32(15-38-24)20-6-4-5-18(12-20)28(36)37-3/h4-13,16H,14-15H2,1-3H3,(H,30,33)(H,31,34). The number of hydrogen-bond donors (Lipinski definition) is 2. The third-order valence-corrected chi connectivity index (χ3v) is 6.24. The predicted octanol–water partition coefficient (Wildman–Crippen LogP) is 4.65. The number of carbonyl (C=O) groups is 4. The lowest BCUT2D eigenvalue weighted by Gasteiger charge is -2.29. The van der Waals surface area contributed by atoms with Crippen molar-refractivity contribution >= 4 is 46.7 Å². The topological polar surface area (TPSA) is 114 Å². The summed E-state index contributed by atoms with van der Waals surface area (Å²) < 4.78 is 10.5. The fourth-order valence-electron chi connectivity index (χ4n) is 3.80. The summed E-state index contributed by atoms with van der Waals surface area (Å²) in [5.41, 5.74) is 2.31. The van der Waals surface area contributed by atoms with E-state index in [2.05, 4.69) is 10.6 Å². The first kappa shape index (κ1) is 26.7. The number of methoxy groups -OCH3 is 1. The minimum Gasteiger partial charge on any atom is -0.472 e. The van der Waals surface area contributed by atoms with Crippen molar-refractivity contribution in [3.8, 4) is 5.75 Å². The first-order chi connectivity index (χ1) is 18.2. The van der Waals surface area contributed by atoms with Crippen LogP contribution in [0, 0.1) is 5.92 Å². The van der Waals surface area contributed by atoms with Gasteiger partial charge in [-0.2, -0.15) is 0 Å². The van der Waals surface area contributed by atoms with Crippen LogP contribution in [0.3, 0.4) is 0 Å². The van der Waals surface area contributed by atoms with E-state index in [0.29, 0.717) is 28.3 Å². The molecule has 3 amide bonds. The van der Waals surface area contributed by atoms with Gasteiger partial charge in [-0.25, -0.2) is 4.79 Å². The molecule has 4 rings (SSSR count). The molecular formula is C28H26ClN3O6. The van der Waals surface area contributed by atoms with Gasteiger partial charge in [-0.05, 0) is 54.1 Å². The number of esters is 1. The van der Waals surface area contributed by atoms with Crippen LogP contribution in [0.2, 0.25) is 5.02 Å². The summed E-state index contributed by atoms with van der Waals surface area (Å²) in [4.78, 5) is 51.5. The van der Waals surface area contributed by atoms with Gasteiger partial charge in [0.25, 0.3) is 11.8 Å². The zero-order valence-corrected chi connectivity index (χ0v) is 21.8. The van der Waals surface area contributed by atoms with E-state index >= 15 is 0 Å². The molecule has 10 heteroatoms. The van der Waals surface area contributed by atoms with E-state index in [9.17, 15) is 19.2 Å². The minimum absolute atomic E-state index is 0.0437. The van der Waals surface area contributed by atoms with Gasteiger partial charge in [-0.3, -0.25) is 19.3 Å². The Hall–Kier alpha value is -4.37. The van der Waals surface area contributed by atoms with E-state index in [-0.39, 0.29) is 47.2 Å². The number of nitrogens with zero attached hydrogens (tertiary/aromatic N) is 1. The van der Waals surface area contributed by atoms with Crippen molar-refractivity contribution in [1.29, 1.82) is 0 Å². The molecule has 38 heavy (non-hydrogen) atoms. The fourth-order valence-corrected chi connectivity index (χ4v) is 4.00. The monoisotopic (exact) mass is 535 g/mol. The van der Waals surface area contributed by atoms with Gasteiger partial charge < -0.3 is 20.1 Å². The minimum atomic E-state index is -0.521. The summed E-state index contributed by atoms with van der Waals surface area (Å²) in [6.45, 7) is 3.80. The summed E-state index contributed by atoms with van der Waals surface area (Å²) in [6, 6.07) is 16.1. The molecule has 2 N–H and O–H groups in total. The highest BCUT2D eigenvalue weighted by Crippen LogP contribution is 2.31. The maximum atomic E-state index is 13.3. The second-order valence-electron chi connectivity index (χ2n) is 8.90. The van der Waals surface area contributed by atoms with Crippen LogP contribution >= 0.6 is 11.6 Å². The van der Waals surface area contributed by atoms with Crippen molar-refractivity contribution in [2.45, 2.75) is 20.4 Å². The van der Waals surface area contributed by atoms with Gasteiger partial charge in [-0.15, -0.1) is 0 Å². The summed E-state index contributed by atoms with van der Waals surface area (Å²) in [5, 5.41) is 5.82. The molecule has 3 aromatic carbocycles. The molecule has 0 atom stereocenters. The molecule has 0 bridgehead atoms. The van der Waals surface area contributed by atoms with Gasteiger partial charge in [0.1, 0.15) is 5.75 Å². The lowest BCUT2D eigenvalue weighted by atomic mass is 10.1. The highest BCUT2D eigenvalue weighted by molar-refractivity contribution is 6.34. The maximum absolute atomic E-state index is 13.3. The van der Waals surface area contributed by atoms with Gasteiger partial charge in [0.05, 0.1) is 28.8 Å². The van der Waals surface area contributed by atoms with Gasteiger partial charge in [0.15, 0.2) is 6.73 Å². The van der Waals surface area contributed by atoms with Crippen molar-refractivity contribution < 1.29 is 28.7 Å². The number of nitrogens with one attached hydrogen (secondary N) is 2. The molecule has 0 radical (unpaired) electrons. The highest BCUT2D eigenvalue weighted by Gasteiger charge is 2.28. The van der Waals surface area contributed by atoms with Crippen molar-refractivity contribution in [2.24, 2.45) is 5.92 Å². The van der Waals surface area contributed by atoms with E-state index in [1.54, 1.807) is 68.4 Å². The number of benzene rings is 3. The lowest BCUT2D eigenvalue weighted by Crippen LogP contribution is -2.38. The predicted molar refractivity (Wildman–Crippen MR) is 143 cm³/mol. The van der Waals surface area contributed by atoms with E-state index in [4.69, 9.17) is 21.1 Å². The van der Waals surface area contributed by atoms with Crippen LogP contribution in [0.25, 0.3) is 0 Å². The number of amides is 3. The molecule has 0 saturated carbocycles. The van der Waals surface area contributed by atoms with Crippen LogP contribution in [-0.2, 0) is 16.1 Å². The average Bonchev–Trinajstić information content (AvgIpc) is 2.92. The normalized spacial score (nSPS) is 12.4. The van der Waals surface area contributed by atoms with Crippen LogP contribution in [0.15, 0.2) is 60.7 Å². The third kappa shape index (κ3) is 5.78. The quantitative estimate of drug-likeness (QED) is 0.426. The van der Waals surface area contributed by atoms with Crippen LogP contribution < -0.4 is 20.3 Å². The Morgan fingerprint density at radius 3 is 2.61 bits per heavy atom. The Labute approximate surface area is 224 Å². The number of hydrogen-bond acceptors (Lipinski definition) is 6. The average molecular weight is 536 g/mol. The molecule has 3 aromatic rings. The van der Waals surface area contributed by atoms with Gasteiger partial charge in [0, 0.05) is 23.8 Å². The van der Waals surface area contributed by atoms with E-state index in [1.165, 1.54) is 18.1 Å². The number of ether oxygens (including phenoxy) is 2. The summed E-state index contributed by atoms with van der Waals surface area (Å²) in [6.07, 6.45) is 0. The Bertz CT molecular complexity index is 1420. The molecular weight excluding hydrogens is 510 g/mol. The first-order valence-electron chi connectivity index (χ1n) is 11.8. The van der Waals surface area contributed by atoms with Crippen LogP contribution in [0.5, 0.6) is 5.75 Å². The molecule has 0 fully saturated rings. The Balaban J connectivity index is 1.52. The molecule has 9 nitrogen and oxygen atoms in total. The molecule has 196 valence electrons. The summed E-state index contributed by atoms with van der Waals surface area (Å²) in [7, 11) is 1.28. The Morgan fingerprint density at radius 2 is 1.87 bits per heavy atom. The zero-order chi connectivity index (χ0) is 27.4. The van der Waals surface area contributed by atoms with Gasteiger partial charge in [-0.1, -0.05) is 37.6 Å². The number of anilines is 2. The van der Waals surface area contributed by atoms with E-state index in [0.717, 1.165) is 0 Å². The van der Waals surface area contributed by atoms with Crippen LogP contribution in [0.1, 0.15) is 50.5 Å². The Morgan fingerprint density at radius 1 is 1.08 bits per heavy atom. The maximum Gasteiger partial charge on any atom is 0.337 e. The molecule has 0 spiro atoms. The molecule has 0 saturated heterocycles. The molecule has 0 aromatic heterocycles. The smallest absolute Gasteiger partial charge is 0.337 e. The van der Waals surface area contributed by atoms with Gasteiger partial charge >= 0.3 is 5.97 Å². The van der Waals surface area contributed by atoms with Crippen molar-refractivity contribution in [2.75, 3.05) is 24.1 Å². The largest absolute Gasteiger partial charge is 0.472 e.